The number of hydrogen-bond donors (Lipinski definition) is 1. The Morgan fingerprint density at radius 3 is 2.39 bits per heavy atom. The van der Waals surface area contributed by atoms with E-state index in [0.717, 1.165) is 35.4 Å². The van der Waals surface area contributed by atoms with Crippen LogP contribution in [-0.2, 0) is 9.59 Å². The SMILES string of the molecule is Cc1cc(/C(O)=C2\C(=O)C(=O)N(CCCN(C)C)C2c2ccccc2C)ccc1OC(C)C. The first kappa shape index (κ1) is 24.5. The van der Waals surface area contributed by atoms with Crippen molar-refractivity contribution in [1.82, 2.24) is 9.80 Å². The molecule has 176 valence electrons. The third kappa shape index (κ3) is 5.28. The summed E-state index contributed by atoms with van der Waals surface area (Å²) in [4.78, 5) is 29.9. The molecule has 0 aliphatic carbocycles. The van der Waals surface area contributed by atoms with Crippen LogP contribution in [0, 0.1) is 13.8 Å². The van der Waals surface area contributed by atoms with Gasteiger partial charge in [0.2, 0.25) is 0 Å². The highest BCUT2D eigenvalue weighted by Crippen LogP contribution is 2.41. The molecule has 0 saturated carbocycles. The molecular formula is C27H34N2O4. The van der Waals surface area contributed by atoms with E-state index in [1.54, 1.807) is 23.1 Å². The number of rotatable bonds is 8. The van der Waals surface area contributed by atoms with Crippen LogP contribution in [0.1, 0.15) is 48.6 Å². The highest BCUT2D eigenvalue weighted by Gasteiger charge is 2.46. The number of aliphatic hydroxyl groups is 1. The smallest absolute Gasteiger partial charge is 0.295 e. The van der Waals surface area contributed by atoms with Gasteiger partial charge in [0.25, 0.3) is 11.7 Å². The van der Waals surface area contributed by atoms with E-state index < -0.39 is 17.7 Å². The van der Waals surface area contributed by atoms with Crippen molar-refractivity contribution in [2.75, 3.05) is 27.2 Å². The molecule has 0 aromatic heterocycles. The molecule has 1 N–H and O–H groups in total. The van der Waals surface area contributed by atoms with E-state index in [-0.39, 0.29) is 17.4 Å². The molecular weight excluding hydrogens is 416 g/mol. The van der Waals surface area contributed by atoms with Crippen LogP contribution in [0.25, 0.3) is 5.76 Å². The van der Waals surface area contributed by atoms with E-state index in [1.165, 1.54) is 0 Å². The van der Waals surface area contributed by atoms with E-state index in [1.807, 2.05) is 71.0 Å². The number of amides is 1. The lowest BCUT2D eigenvalue weighted by Gasteiger charge is -2.27. The van der Waals surface area contributed by atoms with Crippen molar-refractivity contribution >= 4 is 17.4 Å². The lowest BCUT2D eigenvalue weighted by molar-refractivity contribution is -0.139. The van der Waals surface area contributed by atoms with E-state index in [9.17, 15) is 14.7 Å². The van der Waals surface area contributed by atoms with E-state index in [0.29, 0.717) is 12.1 Å². The highest BCUT2D eigenvalue weighted by atomic mass is 16.5. The Kier molecular flexibility index (Phi) is 7.59. The second-order valence-electron chi connectivity index (χ2n) is 9.15. The minimum atomic E-state index is -0.647. The van der Waals surface area contributed by atoms with Gasteiger partial charge in [-0.2, -0.15) is 0 Å². The van der Waals surface area contributed by atoms with Gasteiger partial charge in [-0.25, -0.2) is 0 Å². The molecule has 0 spiro atoms. The lowest BCUT2D eigenvalue weighted by Crippen LogP contribution is -2.32. The van der Waals surface area contributed by atoms with Crippen molar-refractivity contribution in [2.24, 2.45) is 0 Å². The molecule has 1 saturated heterocycles. The summed E-state index contributed by atoms with van der Waals surface area (Å²) in [7, 11) is 3.95. The number of hydrogen-bond acceptors (Lipinski definition) is 5. The Balaban J connectivity index is 2.10. The summed E-state index contributed by atoms with van der Waals surface area (Å²) < 4.78 is 5.80. The monoisotopic (exact) mass is 450 g/mol. The van der Waals surface area contributed by atoms with Crippen LogP contribution in [0.3, 0.4) is 0 Å². The Morgan fingerprint density at radius 2 is 1.79 bits per heavy atom. The van der Waals surface area contributed by atoms with Gasteiger partial charge in [-0.1, -0.05) is 24.3 Å². The van der Waals surface area contributed by atoms with Gasteiger partial charge >= 0.3 is 0 Å². The number of ketones is 1. The third-order valence-corrected chi connectivity index (χ3v) is 5.84. The number of carbonyl (C=O) groups excluding carboxylic acids is 2. The third-order valence-electron chi connectivity index (χ3n) is 5.84. The fourth-order valence-electron chi connectivity index (χ4n) is 4.22. The van der Waals surface area contributed by atoms with Crippen LogP contribution in [-0.4, -0.2) is 59.9 Å². The fraction of sp³-hybridized carbons (Fsp3) is 0.407. The number of nitrogens with zero attached hydrogens (tertiary/aromatic N) is 2. The predicted molar refractivity (Wildman–Crippen MR) is 130 cm³/mol. The maximum atomic E-state index is 13.2. The molecule has 1 fully saturated rings. The van der Waals surface area contributed by atoms with Gasteiger partial charge in [0.1, 0.15) is 11.5 Å². The van der Waals surface area contributed by atoms with Gasteiger partial charge in [-0.15, -0.1) is 0 Å². The molecule has 1 atom stereocenters. The first-order valence-electron chi connectivity index (χ1n) is 11.4. The molecule has 0 radical (unpaired) electrons. The van der Waals surface area contributed by atoms with Crippen molar-refractivity contribution in [2.45, 2.75) is 46.3 Å². The van der Waals surface area contributed by atoms with Crippen molar-refractivity contribution in [3.63, 3.8) is 0 Å². The average molecular weight is 451 g/mol. The summed E-state index contributed by atoms with van der Waals surface area (Å²) in [6.45, 7) is 8.98. The minimum Gasteiger partial charge on any atom is -0.507 e. The van der Waals surface area contributed by atoms with E-state index >= 15 is 0 Å². The molecule has 1 unspecified atom stereocenters. The average Bonchev–Trinajstić information content (AvgIpc) is 2.99. The summed E-state index contributed by atoms with van der Waals surface area (Å²) in [5, 5.41) is 11.3. The van der Waals surface area contributed by atoms with Crippen molar-refractivity contribution < 1.29 is 19.4 Å². The molecule has 6 nitrogen and oxygen atoms in total. The van der Waals surface area contributed by atoms with Crippen molar-refractivity contribution in [3.05, 3.63) is 70.3 Å². The predicted octanol–water partition coefficient (Wildman–Crippen LogP) is 4.46. The fourth-order valence-corrected chi connectivity index (χ4v) is 4.22. The maximum absolute atomic E-state index is 13.2. The van der Waals surface area contributed by atoms with Crippen molar-refractivity contribution in [1.29, 1.82) is 0 Å². The highest BCUT2D eigenvalue weighted by molar-refractivity contribution is 6.46. The molecule has 1 heterocycles. The topological polar surface area (TPSA) is 70.1 Å². The minimum absolute atomic E-state index is 0.0247. The van der Waals surface area contributed by atoms with Crippen LogP contribution in [0.4, 0.5) is 0 Å². The summed E-state index contributed by atoms with van der Waals surface area (Å²) >= 11 is 0. The quantitative estimate of drug-likeness (QED) is 0.365. The molecule has 2 aromatic carbocycles. The van der Waals surface area contributed by atoms with Gasteiger partial charge < -0.3 is 19.6 Å². The number of aryl methyl sites for hydroxylation is 2. The zero-order valence-corrected chi connectivity index (χ0v) is 20.4. The molecule has 0 bridgehead atoms. The molecule has 1 amide bonds. The summed E-state index contributed by atoms with van der Waals surface area (Å²) in [5.74, 6) is -0.650. The second-order valence-corrected chi connectivity index (χ2v) is 9.15. The molecule has 33 heavy (non-hydrogen) atoms. The zero-order chi connectivity index (χ0) is 24.3. The summed E-state index contributed by atoms with van der Waals surface area (Å²) in [6, 6.07) is 12.4. The lowest BCUT2D eigenvalue weighted by atomic mass is 9.92. The number of carbonyl (C=O) groups is 2. The first-order valence-corrected chi connectivity index (χ1v) is 11.4. The summed E-state index contributed by atoms with van der Waals surface area (Å²) in [6.07, 6.45) is 0.750. The van der Waals surface area contributed by atoms with Crippen molar-refractivity contribution in [3.8, 4) is 5.75 Å². The van der Waals surface area contributed by atoms with E-state index in [2.05, 4.69) is 0 Å². The van der Waals surface area contributed by atoms with Crippen LogP contribution >= 0.6 is 0 Å². The molecule has 3 rings (SSSR count). The Hall–Kier alpha value is -3.12. The largest absolute Gasteiger partial charge is 0.507 e. The van der Waals surface area contributed by atoms with Gasteiger partial charge in [-0.3, -0.25) is 9.59 Å². The van der Waals surface area contributed by atoms with Gasteiger partial charge in [0.05, 0.1) is 17.7 Å². The van der Waals surface area contributed by atoms with Gasteiger partial charge in [0, 0.05) is 12.1 Å². The summed E-state index contributed by atoms with van der Waals surface area (Å²) in [5.41, 5.74) is 3.29. The maximum Gasteiger partial charge on any atom is 0.295 e. The molecule has 6 heteroatoms. The zero-order valence-electron chi connectivity index (χ0n) is 20.4. The van der Waals surface area contributed by atoms with Gasteiger partial charge in [0.15, 0.2) is 0 Å². The number of ether oxygens (including phenoxy) is 1. The first-order chi connectivity index (χ1) is 15.6. The number of benzene rings is 2. The molecule has 2 aromatic rings. The Labute approximate surface area is 196 Å². The number of aliphatic hydroxyl groups excluding tert-OH is 1. The van der Waals surface area contributed by atoms with Crippen LogP contribution in [0.15, 0.2) is 48.0 Å². The normalized spacial score (nSPS) is 17.9. The number of likely N-dealkylation sites (tertiary alicyclic amines) is 1. The number of Topliss-reactive ketones (excluding diaryl/α,β-unsaturated/α-hetero) is 1. The molecule has 1 aliphatic heterocycles. The van der Waals surface area contributed by atoms with Gasteiger partial charge in [-0.05, 0) is 89.6 Å². The van der Waals surface area contributed by atoms with Crippen LogP contribution in [0.2, 0.25) is 0 Å². The van der Waals surface area contributed by atoms with Crippen LogP contribution < -0.4 is 4.74 Å². The molecule has 1 aliphatic rings. The van der Waals surface area contributed by atoms with Crippen LogP contribution in [0.5, 0.6) is 5.75 Å². The Bertz CT molecular complexity index is 1070. The van der Waals surface area contributed by atoms with E-state index in [4.69, 9.17) is 4.74 Å². The standard InChI is InChI=1S/C27H34N2O4/c1-17(2)33-22-13-12-20(16-19(22)4)25(30)23-24(21-11-8-7-10-18(21)3)29(27(32)26(23)31)15-9-14-28(5)6/h7-8,10-13,16-17,24,30H,9,14-15H2,1-6H3/b25-23+. The Morgan fingerprint density at radius 1 is 1.09 bits per heavy atom. The second kappa shape index (κ2) is 10.2.